The van der Waals surface area contributed by atoms with Crippen LogP contribution in [0.3, 0.4) is 0 Å². The molecule has 1 fully saturated rings. The maximum Gasteiger partial charge on any atom is 0.242 e. The van der Waals surface area contributed by atoms with Gasteiger partial charge in [0.05, 0.1) is 11.7 Å². The highest BCUT2D eigenvalue weighted by atomic mass is 79.9. The second kappa shape index (κ2) is 6.46. The molecule has 1 aromatic rings. The van der Waals surface area contributed by atoms with Crippen molar-refractivity contribution < 1.29 is 4.79 Å². The number of carbonyl (C=O) groups excluding carboxylic acids is 1. The van der Waals surface area contributed by atoms with Crippen molar-refractivity contribution in [2.45, 2.75) is 32.7 Å². The molecule has 1 atom stereocenters. The predicted octanol–water partition coefficient (Wildman–Crippen LogP) is 4.69. The van der Waals surface area contributed by atoms with E-state index in [-0.39, 0.29) is 17.4 Å². The van der Waals surface area contributed by atoms with Crippen LogP contribution < -0.4 is 10.6 Å². The van der Waals surface area contributed by atoms with Crippen LogP contribution in [0.4, 0.5) is 5.69 Å². The number of rotatable bonds is 2. The van der Waals surface area contributed by atoms with Gasteiger partial charge in [0.2, 0.25) is 5.91 Å². The third kappa shape index (κ3) is 3.64. The van der Waals surface area contributed by atoms with Crippen molar-refractivity contribution in [3.8, 4) is 0 Å². The Kier molecular flexibility index (Phi) is 5.32. The van der Waals surface area contributed by atoms with Crippen LogP contribution >= 0.6 is 47.8 Å². The van der Waals surface area contributed by atoms with Gasteiger partial charge in [-0.1, -0.05) is 29.8 Å². The van der Waals surface area contributed by atoms with Gasteiger partial charge in [-0.2, -0.15) is 0 Å². The maximum atomic E-state index is 12.5. The van der Waals surface area contributed by atoms with E-state index in [2.05, 4.69) is 72.3 Å². The van der Waals surface area contributed by atoms with Gasteiger partial charge in [-0.15, -0.1) is 0 Å². The van der Waals surface area contributed by atoms with Gasteiger partial charge < -0.3 is 10.6 Å². The summed E-state index contributed by atoms with van der Waals surface area (Å²) in [5.74, 6) is 0.0124. The molecule has 1 amide bonds. The highest BCUT2D eigenvalue weighted by Gasteiger charge is 2.37. The molecule has 1 aliphatic rings. The molecule has 0 aromatic heterocycles. The third-order valence-electron chi connectivity index (χ3n) is 3.65. The van der Waals surface area contributed by atoms with Crippen molar-refractivity contribution in [3.63, 3.8) is 0 Å². The molecule has 0 aliphatic carbocycles. The smallest absolute Gasteiger partial charge is 0.242 e. The zero-order valence-corrected chi connectivity index (χ0v) is 16.2. The zero-order valence-electron chi connectivity index (χ0n) is 11.4. The summed E-state index contributed by atoms with van der Waals surface area (Å²) in [6.45, 7) is 5.16. The van der Waals surface area contributed by atoms with E-state index in [4.69, 9.17) is 0 Å². The number of hydrogen-bond acceptors (Lipinski definition) is 2. The summed E-state index contributed by atoms with van der Waals surface area (Å²) < 4.78 is 2.65. The molecule has 1 unspecified atom stereocenters. The summed E-state index contributed by atoms with van der Waals surface area (Å²) in [5, 5.41) is 6.34. The number of carbonyl (C=O) groups is 1. The van der Waals surface area contributed by atoms with Crippen molar-refractivity contribution in [2.24, 2.45) is 5.41 Å². The van der Waals surface area contributed by atoms with E-state index in [9.17, 15) is 4.79 Å². The monoisotopic (exact) mass is 466 g/mol. The molecular weight excluding hydrogens is 452 g/mol. The quantitative estimate of drug-likeness (QED) is 0.661. The Hall–Kier alpha value is 0.0900. The van der Waals surface area contributed by atoms with Gasteiger partial charge in [0.25, 0.3) is 0 Å². The van der Waals surface area contributed by atoms with E-state index in [1.165, 1.54) is 0 Å². The number of nitrogens with one attached hydrogen (secondary N) is 2. The molecule has 2 rings (SSSR count). The summed E-state index contributed by atoms with van der Waals surface area (Å²) in [6.07, 6.45) is 2.17. The van der Waals surface area contributed by atoms with Crippen molar-refractivity contribution in [2.75, 3.05) is 11.9 Å². The van der Waals surface area contributed by atoms with Gasteiger partial charge in [-0.3, -0.25) is 4.79 Å². The molecule has 0 bridgehead atoms. The Morgan fingerprint density at radius 1 is 1.30 bits per heavy atom. The first-order chi connectivity index (χ1) is 9.31. The van der Waals surface area contributed by atoms with Crippen LogP contribution in [0.2, 0.25) is 0 Å². The molecule has 1 aliphatic heterocycles. The highest BCUT2D eigenvalue weighted by Crippen LogP contribution is 2.36. The van der Waals surface area contributed by atoms with E-state index in [0.29, 0.717) is 0 Å². The molecule has 0 spiro atoms. The molecular formula is C14H17Br3N2O. The molecule has 3 nitrogen and oxygen atoms in total. The molecule has 1 saturated heterocycles. The first-order valence-electron chi connectivity index (χ1n) is 6.50. The fraction of sp³-hybridized carbons (Fsp3) is 0.500. The minimum Gasteiger partial charge on any atom is -0.323 e. The SMILES string of the molecule is CC1(C)CCCNC1C(=O)Nc1c(Br)cc(Br)cc1Br. The zero-order chi connectivity index (χ0) is 14.9. The van der Waals surface area contributed by atoms with Crippen LogP contribution in [-0.4, -0.2) is 18.5 Å². The van der Waals surface area contributed by atoms with E-state index < -0.39 is 0 Å². The van der Waals surface area contributed by atoms with Gasteiger partial charge in [0.15, 0.2) is 0 Å². The number of hydrogen-bond donors (Lipinski definition) is 2. The summed E-state index contributed by atoms with van der Waals surface area (Å²) in [4.78, 5) is 12.5. The largest absolute Gasteiger partial charge is 0.323 e. The van der Waals surface area contributed by atoms with Crippen LogP contribution in [0.1, 0.15) is 26.7 Å². The standard InChI is InChI=1S/C14H17Br3N2O/c1-14(2)4-3-5-18-12(14)13(20)19-11-9(16)6-8(15)7-10(11)17/h6-7,12,18H,3-5H2,1-2H3,(H,19,20). The number of benzene rings is 1. The van der Waals surface area contributed by atoms with Gasteiger partial charge in [-0.25, -0.2) is 0 Å². The average molecular weight is 469 g/mol. The minimum atomic E-state index is -0.168. The maximum absolute atomic E-state index is 12.5. The van der Waals surface area contributed by atoms with Crippen LogP contribution in [0, 0.1) is 5.41 Å². The third-order valence-corrected chi connectivity index (χ3v) is 5.35. The highest BCUT2D eigenvalue weighted by molar-refractivity contribution is 9.11. The van der Waals surface area contributed by atoms with Crippen LogP contribution in [-0.2, 0) is 4.79 Å². The topological polar surface area (TPSA) is 41.1 Å². The number of piperidine rings is 1. The lowest BCUT2D eigenvalue weighted by molar-refractivity contribution is -0.121. The van der Waals surface area contributed by atoms with E-state index in [1.54, 1.807) is 0 Å². The summed E-state index contributed by atoms with van der Waals surface area (Å²) in [7, 11) is 0. The van der Waals surface area contributed by atoms with E-state index in [0.717, 1.165) is 38.5 Å². The molecule has 110 valence electrons. The number of amides is 1. The average Bonchev–Trinajstić information content (AvgIpc) is 2.32. The first kappa shape index (κ1) is 16.5. The van der Waals surface area contributed by atoms with Gasteiger partial charge >= 0.3 is 0 Å². The molecule has 0 saturated carbocycles. The Labute approximate surface area is 144 Å². The molecule has 6 heteroatoms. The second-order valence-electron chi connectivity index (χ2n) is 5.71. The Morgan fingerprint density at radius 3 is 2.45 bits per heavy atom. The lowest BCUT2D eigenvalue weighted by Gasteiger charge is -2.38. The second-order valence-corrected chi connectivity index (χ2v) is 8.34. The van der Waals surface area contributed by atoms with Gasteiger partial charge in [-0.05, 0) is 68.8 Å². The first-order valence-corrected chi connectivity index (χ1v) is 8.88. The van der Waals surface area contributed by atoms with Crippen molar-refractivity contribution in [3.05, 3.63) is 25.6 Å². The lowest BCUT2D eigenvalue weighted by Crippen LogP contribution is -2.53. The van der Waals surface area contributed by atoms with Gasteiger partial charge in [0.1, 0.15) is 0 Å². The van der Waals surface area contributed by atoms with Crippen LogP contribution in [0.25, 0.3) is 0 Å². The Bertz CT molecular complexity index is 508. The molecule has 1 heterocycles. The summed E-state index contributed by atoms with van der Waals surface area (Å²) >= 11 is 10.4. The summed E-state index contributed by atoms with van der Waals surface area (Å²) in [5.41, 5.74) is 0.734. The fourth-order valence-corrected chi connectivity index (χ4v) is 4.97. The fourth-order valence-electron chi connectivity index (χ4n) is 2.52. The van der Waals surface area contributed by atoms with E-state index in [1.807, 2.05) is 12.1 Å². The molecule has 1 aromatic carbocycles. The number of halogens is 3. The van der Waals surface area contributed by atoms with Crippen molar-refractivity contribution in [1.82, 2.24) is 5.32 Å². The molecule has 0 radical (unpaired) electrons. The Balaban J connectivity index is 2.20. The van der Waals surface area contributed by atoms with E-state index >= 15 is 0 Å². The molecule has 2 N–H and O–H groups in total. The van der Waals surface area contributed by atoms with Crippen molar-refractivity contribution in [1.29, 1.82) is 0 Å². The number of anilines is 1. The lowest BCUT2D eigenvalue weighted by atomic mass is 9.77. The molecule has 20 heavy (non-hydrogen) atoms. The minimum absolute atomic E-state index is 0.0124. The van der Waals surface area contributed by atoms with Crippen LogP contribution in [0.15, 0.2) is 25.6 Å². The van der Waals surface area contributed by atoms with Crippen molar-refractivity contribution >= 4 is 59.4 Å². The van der Waals surface area contributed by atoms with Gasteiger partial charge in [0, 0.05) is 13.4 Å². The predicted molar refractivity (Wildman–Crippen MR) is 93.0 cm³/mol. The normalized spacial score (nSPS) is 21.6. The van der Waals surface area contributed by atoms with Crippen LogP contribution in [0.5, 0.6) is 0 Å². The summed E-state index contributed by atoms with van der Waals surface area (Å²) in [6, 6.07) is 3.67. The Morgan fingerprint density at radius 2 is 1.90 bits per heavy atom.